The van der Waals surface area contributed by atoms with E-state index in [1.54, 1.807) is 0 Å². The van der Waals surface area contributed by atoms with Crippen molar-refractivity contribution in [1.29, 1.82) is 0 Å². The second-order valence-electron chi connectivity index (χ2n) is 17.7. The summed E-state index contributed by atoms with van der Waals surface area (Å²) in [5.41, 5.74) is 9.53. The molecule has 7 rings (SSSR count). The van der Waals surface area contributed by atoms with Crippen LogP contribution in [0.3, 0.4) is 0 Å². The van der Waals surface area contributed by atoms with Crippen molar-refractivity contribution in [3.8, 4) is 17.2 Å². The number of benzene rings is 1. The SMILES string of the molecule is CCCCCCCCCOc1cc(C2=Cc3cc4ccc(cc5ccc(cc6nc(cc2n3)C=C6)[nH]5)[nH]4)cc(OCCCCCCCCC)c1OCCCCCCCCC.c1cc[nH]c1. The molecule has 3 N–H and O–H groups in total. The summed E-state index contributed by atoms with van der Waals surface area (Å²) in [4.78, 5) is 20.1. The van der Waals surface area contributed by atoms with Gasteiger partial charge in [0.2, 0.25) is 5.75 Å². The number of aromatic nitrogens is 5. The molecule has 0 saturated heterocycles. The minimum Gasteiger partial charge on any atom is -0.490 e. The summed E-state index contributed by atoms with van der Waals surface area (Å²) in [5, 5.41) is 0. The number of fused-ring (bicyclic) bond motifs is 8. The van der Waals surface area contributed by atoms with E-state index in [4.69, 9.17) is 24.2 Å². The van der Waals surface area contributed by atoms with Gasteiger partial charge in [-0.1, -0.05) is 136 Å². The number of nitrogens with zero attached hydrogens (tertiary/aromatic N) is 2. The fourth-order valence-corrected chi connectivity index (χ4v) is 8.33. The van der Waals surface area contributed by atoms with Crippen LogP contribution in [0.2, 0.25) is 0 Å². The number of aromatic amines is 3. The Morgan fingerprint density at radius 2 is 0.862 bits per heavy atom. The number of H-pyrrole nitrogens is 3. The lowest BCUT2D eigenvalue weighted by molar-refractivity contribution is 0.234. The molecule has 4 aromatic heterocycles. The lowest BCUT2D eigenvalue weighted by Gasteiger charge is -2.19. The maximum Gasteiger partial charge on any atom is 0.203 e. The van der Waals surface area contributed by atoms with Crippen molar-refractivity contribution in [2.45, 2.75) is 156 Å². The van der Waals surface area contributed by atoms with Crippen LogP contribution in [0, 0.1) is 0 Å². The van der Waals surface area contributed by atoms with E-state index in [1.165, 1.54) is 116 Å². The van der Waals surface area contributed by atoms with E-state index >= 15 is 0 Å². The molecule has 0 spiro atoms. The Kier molecular flexibility index (Phi) is 21.4. The van der Waals surface area contributed by atoms with Crippen molar-refractivity contribution in [2.24, 2.45) is 0 Å². The molecule has 0 unspecified atom stereocenters. The lowest BCUT2D eigenvalue weighted by atomic mass is 10.0. The zero-order chi connectivity index (χ0) is 45.2. The summed E-state index contributed by atoms with van der Waals surface area (Å²) in [6.45, 7) is 8.75. The Balaban J connectivity index is 0.00000131. The standard InChI is InChI=1S/C53H72N4O3.C4H5N/c1-4-7-10-13-16-19-22-31-58-51-34-41(35-52(59-32-23-20-17-14-11-8-5-2)53(51)60-33-24-21-18-15-12-9-6-3)49-39-48-38-46-28-27-44(55-46)36-42-25-26-43(54-42)37-45-29-30-47(56-45)40-50(49)57-48;1-2-4-5-3-1/h25-30,34-40,54-55H,4-24,31-33H2,1-3H3;1-5H. The van der Waals surface area contributed by atoms with Crippen LogP contribution in [0.15, 0.2) is 85.2 Å². The third-order valence-electron chi connectivity index (χ3n) is 12.0. The second kappa shape index (κ2) is 28.4. The number of nitrogens with one attached hydrogen (secondary N) is 3. The Morgan fingerprint density at radius 1 is 0.431 bits per heavy atom. The van der Waals surface area contributed by atoms with Gasteiger partial charge in [0, 0.05) is 40.0 Å². The van der Waals surface area contributed by atoms with E-state index in [-0.39, 0.29) is 0 Å². The zero-order valence-corrected chi connectivity index (χ0v) is 39.9. The predicted octanol–water partition coefficient (Wildman–Crippen LogP) is 16.5. The summed E-state index contributed by atoms with van der Waals surface area (Å²) >= 11 is 0. The van der Waals surface area contributed by atoms with Crippen molar-refractivity contribution < 1.29 is 14.2 Å². The Bertz CT molecular complexity index is 2280. The molecule has 0 fully saturated rings. The van der Waals surface area contributed by atoms with Gasteiger partial charge in [-0.2, -0.15) is 0 Å². The first kappa shape index (κ1) is 48.9. The molecule has 0 radical (unpaired) electrons. The third-order valence-corrected chi connectivity index (χ3v) is 12.0. The van der Waals surface area contributed by atoms with Gasteiger partial charge >= 0.3 is 0 Å². The van der Waals surface area contributed by atoms with Gasteiger partial charge in [0.05, 0.1) is 42.6 Å². The van der Waals surface area contributed by atoms with Gasteiger partial charge in [-0.15, -0.1) is 0 Å². The van der Waals surface area contributed by atoms with Gasteiger partial charge in [-0.3, -0.25) is 0 Å². The van der Waals surface area contributed by atoms with E-state index < -0.39 is 0 Å². The summed E-state index contributed by atoms with van der Waals surface area (Å²) in [5.74, 6) is 2.24. The van der Waals surface area contributed by atoms with Crippen molar-refractivity contribution in [2.75, 3.05) is 19.8 Å². The van der Waals surface area contributed by atoms with Crippen LogP contribution in [-0.2, 0) is 0 Å². The average molecular weight is 880 g/mol. The summed E-state index contributed by atoms with van der Waals surface area (Å²) < 4.78 is 20.1. The van der Waals surface area contributed by atoms with Gasteiger partial charge in [-0.05, 0) is 116 Å². The van der Waals surface area contributed by atoms with E-state index in [9.17, 15) is 0 Å². The second-order valence-corrected chi connectivity index (χ2v) is 17.7. The van der Waals surface area contributed by atoms with Gasteiger partial charge in [0.25, 0.3) is 0 Å². The van der Waals surface area contributed by atoms with Crippen LogP contribution in [-0.4, -0.2) is 44.7 Å². The molecule has 0 amide bonds. The molecule has 2 aliphatic heterocycles. The maximum absolute atomic E-state index is 6.72. The average Bonchev–Trinajstić information content (AvgIpc) is 4.19. The van der Waals surface area contributed by atoms with Crippen molar-refractivity contribution >= 4 is 45.9 Å². The molecule has 348 valence electrons. The Labute approximate surface area is 389 Å². The van der Waals surface area contributed by atoms with E-state index in [0.717, 1.165) is 92.5 Å². The molecule has 8 nitrogen and oxygen atoms in total. The molecule has 0 aliphatic carbocycles. The normalized spacial score (nSPS) is 11.9. The van der Waals surface area contributed by atoms with Crippen molar-refractivity contribution in [3.63, 3.8) is 0 Å². The third kappa shape index (κ3) is 17.1. The van der Waals surface area contributed by atoms with Crippen LogP contribution in [0.5, 0.6) is 17.2 Å². The molecule has 6 heterocycles. The zero-order valence-electron chi connectivity index (χ0n) is 39.9. The molecule has 1 aromatic carbocycles. The first-order valence-corrected chi connectivity index (χ1v) is 25.3. The monoisotopic (exact) mass is 880 g/mol. The van der Waals surface area contributed by atoms with Crippen LogP contribution >= 0.6 is 0 Å². The summed E-state index contributed by atoms with van der Waals surface area (Å²) in [7, 11) is 0. The topological polar surface area (TPSA) is 101 Å². The molecular formula is C57H77N5O3. The van der Waals surface area contributed by atoms with E-state index in [1.807, 2.05) is 24.5 Å². The molecule has 8 heteroatoms. The van der Waals surface area contributed by atoms with Crippen LogP contribution in [0.4, 0.5) is 0 Å². The molecule has 65 heavy (non-hydrogen) atoms. The van der Waals surface area contributed by atoms with Gasteiger partial charge in [0.1, 0.15) is 0 Å². The van der Waals surface area contributed by atoms with Gasteiger partial charge < -0.3 is 29.2 Å². The lowest BCUT2D eigenvalue weighted by Crippen LogP contribution is -2.07. The molecule has 0 atom stereocenters. The smallest absolute Gasteiger partial charge is 0.203 e. The number of unbranched alkanes of at least 4 members (excludes halogenated alkanes) is 18. The van der Waals surface area contributed by atoms with Crippen molar-refractivity contribution in [3.05, 3.63) is 114 Å². The first-order valence-electron chi connectivity index (χ1n) is 25.3. The Morgan fingerprint density at radius 3 is 1.34 bits per heavy atom. The molecule has 0 saturated carbocycles. The Hall–Kier alpha value is -5.50. The predicted molar refractivity (Wildman–Crippen MR) is 275 cm³/mol. The minimum absolute atomic E-state index is 0.643. The molecule has 5 aromatic rings. The quantitative estimate of drug-likeness (QED) is 0.0426. The fraction of sp³-hybridized carbons (Fsp3) is 0.474. The largest absolute Gasteiger partial charge is 0.490 e. The van der Waals surface area contributed by atoms with Crippen molar-refractivity contribution in [1.82, 2.24) is 24.9 Å². The summed E-state index contributed by atoms with van der Waals surface area (Å²) in [6.07, 6.45) is 36.0. The van der Waals surface area contributed by atoms with E-state index in [0.29, 0.717) is 19.8 Å². The molecule has 2 aliphatic rings. The van der Waals surface area contributed by atoms with Gasteiger partial charge in [0.15, 0.2) is 11.5 Å². The number of hydrogen-bond acceptors (Lipinski definition) is 5. The van der Waals surface area contributed by atoms with Gasteiger partial charge in [-0.25, -0.2) is 9.97 Å². The fourth-order valence-electron chi connectivity index (χ4n) is 8.33. The van der Waals surface area contributed by atoms with Crippen LogP contribution < -0.4 is 14.2 Å². The molecular weight excluding hydrogens is 803 g/mol. The highest BCUT2D eigenvalue weighted by Crippen LogP contribution is 2.43. The first-order chi connectivity index (χ1) is 32.1. The van der Waals surface area contributed by atoms with E-state index in [2.05, 4.69) is 115 Å². The molecule has 8 bridgehead atoms. The van der Waals surface area contributed by atoms with Crippen LogP contribution in [0.1, 0.15) is 184 Å². The van der Waals surface area contributed by atoms with Crippen LogP contribution in [0.25, 0.3) is 45.9 Å². The highest BCUT2D eigenvalue weighted by Gasteiger charge is 2.21. The summed E-state index contributed by atoms with van der Waals surface area (Å²) in [6, 6.07) is 25.0. The highest BCUT2D eigenvalue weighted by atomic mass is 16.5. The number of hydrogen-bond donors (Lipinski definition) is 3. The highest BCUT2D eigenvalue weighted by molar-refractivity contribution is 5.94. The number of rotatable bonds is 28. The number of ether oxygens (including phenoxy) is 3. The maximum atomic E-state index is 6.72. The minimum atomic E-state index is 0.643.